The highest BCUT2D eigenvalue weighted by molar-refractivity contribution is 5.75. The van der Waals surface area contributed by atoms with Crippen LogP contribution in [0.1, 0.15) is 27.2 Å². The molecule has 84 valence electrons. The first-order valence-electron chi connectivity index (χ1n) is 4.83. The molecule has 0 aromatic heterocycles. The number of nitrogens with one attached hydrogen (secondary N) is 1. The average Bonchev–Trinajstić information content (AvgIpc) is 2.09. The van der Waals surface area contributed by atoms with Crippen LogP contribution < -0.4 is 11.3 Å². The Kier molecular flexibility index (Phi) is 5.68. The normalized spacial score (nSPS) is 11.9. The van der Waals surface area contributed by atoms with Gasteiger partial charge in [-0.2, -0.15) is 0 Å². The van der Waals surface area contributed by atoms with Gasteiger partial charge in [0, 0.05) is 19.5 Å². The van der Waals surface area contributed by atoms with Gasteiger partial charge in [0.1, 0.15) is 0 Å². The van der Waals surface area contributed by atoms with Gasteiger partial charge in [0.15, 0.2) is 0 Å². The largest absolute Gasteiger partial charge is 0.389 e. The first kappa shape index (κ1) is 13.4. The number of hydrazine groups is 1. The van der Waals surface area contributed by atoms with Gasteiger partial charge in [-0.05, 0) is 20.4 Å². The number of amides is 1. The lowest BCUT2D eigenvalue weighted by Crippen LogP contribution is -2.41. The van der Waals surface area contributed by atoms with Gasteiger partial charge < -0.3 is 10.0 Å². The Hall–Kier alpha value is -0.650. The third-order valence-electron chi connectivity index (χ3n) is 1.87. The monoisotopic (exact) mass is 203 g/mol. The predicted molar refractivity (Wildman–Crippen MR) is 55.4 cm³/mol. The third kappa shape index (κ3) is 6.82. The molecule has 0 fully saturated rings. The first-order valence-corrected chi connectivity index (χ1v) is 4.83. The Balaban J connectivity index is 3.86. The van der Waals surface area contributed by atoms with Crippen LogP contribution in [0.15, 0.2) is 0 Å². The van der Waals surface area contributed by atoms with E-state index < -0.39 is 5.60 Å². The Morgan fingerprint density at radius 1 is 1.57 bits per heavy atom. The van der Waals surface area contributed by atoms with Crippen molar-refractivity contribution in [3.63, 3.8) is 0 Å². The first-order chi connectivity index (χ1) is 6.39. The third-order valence-corrected chi connectivity index (χ3v) is 1.87. The second-order valence-corrected chi connectivity index (χ2v) is 4.00. The minimum atomic E-state index is -0.727. The van der Waals surface area contributed by atoms with Crippen molar-refractivity contribution in [3.8, 4) is 0 Å². The van der Waals surface area contributed by atoms with E-state index in [2.05, 4.69) is 5.43 Å². The summed E-state index contributed by atoms with van der Waals surface area (Å²) >= 11 is 0. The second-order valence-electron chi connectivity index (χ2n) is 4.00. The van der Waals surface area contributed by atoms with Crippen LogP contribution in [0.3, 0.4) is 0 Å². The molecule has 1 amide bonds. The summed E-state index contributed by atoms with van der Waals surface area (Å²) in [6.45, 7) is 7.47. The van der Waals surface area contributed by atoms with E-state index in [0.717, 1.165) is 6.54 Å². The number of likely N-dealkylation sites (N-methyl/N-ethyl adjacent to an activating group) is 1. The van der Waals surface area contributed by atoms with Gasteiger partial charge in [-0.25, -0.2) is 5.84 Å². The fourth-order valence-electron chi connectivity index (χ4n) is 1.23. The van der Waals surface area contributed by atoms with E-state index in [-0.39, 0.29) is 5.91 Å². The van der Waals surface area contributed by atoms with Crippen LogP contribution in [-0.4, -0.2) is 41.1 Å². The lowest BCUT2D eigenvalue weighted by molar-refractivity contribution is -0.121. The molecule has 0 atom stereocenters. The summed E-state index contributed by atoms with van der Waals surface area (Å²) in [6, 6.07) is 0. The van der Waals surface area contributed by atoms with Crippen molar-refractivity contribution < 1.29 is 9.90 Å². The van der Waals surface area contributed by atoms with Crippen LogP contribution in [0, 0.1) is 0 Å². The molecule has 0 aromatic carbocycles. The minimum Gasteiger partial charge on any atom is -0.389 e. The number of hydrogen-bond donors (Lipinski definition) is 3. The van der Waals surface area contributed by atoms with E-state index in [1.54, 1.807) is 13.8 Å². The smallest absolute Gasteiger partial charge is 0.235 e. The van der Waals surface area contributed by atoms with Crippen molar-refractivity contribution in [1.82, 2.24) is 10.3 Å². The fraction of sp³-hybridized carbons (Fsp3) is 0.889. The summed E-state index contributed by atoms with van der Waals surface area (Å²) in [6.07, 6.45) is 0.362. The number of nitrogens with zero attached hydrogens (tertiary/aromatic N) is 1. The predicted octanol–water partition coefficient (Wildman–Crippen LogP) is -0.541. The average molecular weight is 203 g/mol. The number of hydrogen-bond acceptors (Lipinski definition) is 4. The van der Waals surface area contributed by atoms with E-state index >= 15 is 0 Å². The quantitative estimate of drug-likeness (QED) is 0.308. The Morgan fingerprint density at radius 3 is 2.50 bits per heavy atom. The summed E-state index contributed by atoms with van der Waals surface area (Å²) in [5.41, 5.74) is 1.35. The number of rotatable bonds is 6. The van der Waals surface area contributed by atoms with Crippen molar-refractivity contribution >= 4 is 5.91 Å². The molecule has 5 nitrogen and oxygen atoms in total. The second kappa shape index (κ2) is 5.95. The van der Waals surface area contributed by atoms with Crippen LogP contribution >= 0.6 is 0 Å². The van der Waals surface area contributed by atoms with Gasteiger partial charge in [-0.15, -0.1) is 0 Å². The number of carbonyl (C=O) groups is 1. The number of aliphatic hydroxyl groups is 1. The highest BCUT2D eigenvalue weighted by Crippen LogP contribution is 2.04. The maximum absolute atomic E-state index is 10.9. The van der Waals surface area contributed by atoms with Crippen LogP contribution in [0.2, 0.25) is 0 Å². The highest BCUT2D eigenvalue weighted by atomic mass is 16.3. The van der Waals surface area contributed by atoms with E-state index in [9.17, 15) is 9.90 Å². The lowest BCUT2D eigenvalue weighted by atomic mass is 10.1. The molecule has 4 N–H and O–H groups in total. The van der Waals surface area contributed by atoms with Crippen LogP contribution in [0.4, 0.5) is 0 Å². The van der Waals surface area contributed by atoms with Gasteiger partial charge in [-0.3, -0.25) is 10.2 Å². The Bertz CT molecular complexity index is 177. The standard InChI is InChI=1S/C9H21N3O2/c1-4-12(7-9(2,3)14)6-5-8(13)11-10/h14H,4-7,10H2,1-3H3,(H,11,13). The van der Waals surface area contributed by atoms with E-state index in [1.165, 1.54) is 0 Å². The maximum Gasteiger partial charge on any atom is 0.235 e. The summed E-state index contributed by atoms with van der Waals surface area (Å²) < 4.78 is 0. The SMILES string of the molecule is CCN(CCC(=O)NN)CC(C)(C)O. The van der Waals surface area contributed by atoms with E-state index in [0.29, 0.717) is 19.5 Å². The molecule has 0 spiro atoms. The minimum absolute atomic E-state index is 0.181. The molecular formula is C9H21N3O2. The summed E-state index contributed by atoms with van der Waals surface area (Å²) in [7, 11) is 0. The van der Waals surface area contributed by atoms with Gasteiger partial charge >= 0.3 is 0 Å². The van der Waals surface area contributed by atoms with Crippen LogP contribution in [-0.2, 0) is 4.79 Å². The van der Waals surface area contributed by atoms with Gasteiger partial charge in [0.05, 0.1) is 5.60 Å². The molecule has 0 heterocycles. The Morgan fingerprint density at radius 2 is 2.14 bits per heavy atom. The molecule has 0 aliphatic carbocycles. The van der Waals surface area contributed by atoms with Crippen molar-refractivity contribution in [2.75, 3.05) is 19.6 Å². The van der Waals surface area contributed by atoms with Crippen LogP contribution in [0.25, 0.3) is 0 Å². The van der Waals surface area contributed by atoms with Crippen molar-refractivity contribution in [2.45, 2.75) is 32.8 Å². The van der Waals surface area contributed by atoms with E-state index in [4.69, 9.17) is 5.84 Å². The molecule has 0 aliphatic rings. The summed E-state index contributed by atoms with van der Waals surface area (Å²) in [4.78, 5) is 12.9. The fourth-order valence-corrected chi connectivity index (χ4v) is 1.23. The molecule has 0 unspecified atom stereocenters. The summed E-state index contributed by atoms with van der Waals surface area (Å²) in [5.74, 6) is 4.78. The van der Waals surface area contributed by atoms with Crippen LogP contribution in [0.5, 0.6) is 0 Å². The summed E-state index contributed by atoms with van der Waals surface area (Å²) in [5, 5.41) is 9.57. The van der Waals surface area contributed by atoms with Crippen molar-refractivity contribution in [2.24, 2.45) is 5.84 Å². The van der Waals surface area contributed by atoms with Crippen molar-refractivity contribution in [3.05, 3.63) is 0 Å². The van der Waals surface area contributed by atoms with E-state index in [1.807, 2.05) is 11.8 Å². The number of nitrogens with two attached hydrogens (primary N) is 1. The zero-order chi connectivity index (χ0) is 11.2. The van der Waals surface area contributed by atoms with Gasteiger partial charge in [-0.1, -0.05) is 6.92 Å². The zero-order valence-electron chi connectivity index (χ0n) is 9.21. The van der Waals surface area contributed by atoms with Crippen molar-refractivity contribution in [1.29, 1.82) is 0 Å². The highest BCUT2D eigenvalue weighted by Gasteiger charge is 2.17. The molecule has 0 saturated heterocycles. The molecule has 0 saturated carbocycles. The molecule has 5 heteroatoms. The topological polar surface area (TPSA) is 78.6 Å². The zero-order valence-corrected chi connectivity index (χ0v) is 9.21. The molecular weight excluding hydrogens is 182 g/mol. The number of carbonyl (C=O) groups excluding carboxylic acids is 1. The molecule has 0 radical (unpaired) electrons. The Labute approximate surface area is 85.2 Å². The molecule has 0 aromatic rings. The maximum atomic E-state index is 10.9. The molecule has 0 rings (SSSR count). The molecule has 14 heavy (non-hydrogen) atoms. The van der Waals surface area contributed by atoms with Gasteiger partial charge in [0.2, 0.25) is 5.91 Å². The van der Waals surface area contributed by atoms with Gasteiger partial charge in [0.25, 0.3) is 0 Å². The molecule has 0 aliphatic heterocycles. The lowest BCUT2D eigenvalue weighted by Gasteiger charge is -2.27. The molecule has 0 bridgehead atoms.